The Balaban J connectivity index is 1.29. The summed E-state index contributed by atoms with van der Waals surface area (Å²) in [6, 6.07) is 15.5. The average molecular weight is 481 g/mol. The Bertz CT molecular complexity index is 1080. The Hall–Kier alpha value is -3.43. The number of rotatable bonds is 6. The molecule has 2 fully saturated rings. The van der Waals surface area contributed by atoms with E-state index >= 15 is 0 Å². The molecule has 35 heavy (non-hydrogen) atoms. The van der Waals surface area contributed by atoms with Crippen LogP contribution in [0.5, 0.6) is 0 Å². The SMILES string of the molecule is O=C(O)CC1COCCN1C(=O)C1(NC(=O)OCC2c3ccccc3-c3ccccc32)CCOC1. The van der Waals surface area contributed by atoms with Crippen molar-refractivity contribution in [2.45, 2.75) is 30.3 Å². The van der Waals surface area contributed by atoms with Gasteiger partial charge in [0.2, 0.25) is 0 Å². The van der Waals surface area contributed by atoms with Gasteiger partial charge >= 0.3 is 12.1 Å². The number of carboxylic acids is 1. The molecule has 9 nitrogen and oxygen atoms in total. The van der Waals surface area contributed by atoms with E-state index in [-0.39, 0.29) is 51.0 Å². The van der Waals surface area contributed by atoms with Gasteiger partial charge in [0.1, 0.15) is 12.1 Å². The van der Waals surface area contributed by atoms with Crippen LogP contribution in [0.4, 0.5) is 4.79 Å². The van der Waals surface area contributed by atoms with Crippen molar-refractivity contribution >= 4 is 18.0 Å². The lowest BCUT2D eigenvalue weighted by Crippen LogP contribution is -2.64. The summed E-state index contributed by atoms with van der Waals surface area (Å²) in [6.45, 7) is 1.15. The first-order chi connectivity index (χ1) is 17.0. The third-order valence-corrected chi connectivity index (χ3v) is 7.01. The van der Waals surface area contributed by atoms with Gasteiger partial charge in [-0.15, -0.1) is 0 Å². The maximum Gasteiger partial charge on any atom is 0.408 e. The number of carbonyl (C=O) groups excluding carboxylic acids is 2. The highest BCUT2D eigenvalue weighted by molar-refractivity contribution is 5.91. The minimum atomic E-state index is -1.29. The number of morpholine rings is 1. The van der Waals surface area contributed by atoms with E-state index in [0.717, 1.165) is 22.3 Å². The van der Waals surface area contributed by atoms with Gasteiger partial charge in [0.25, 0.3) is 5.91 Å². The van der Waals surface area contributed by atoms with Crippen LogP contribution >= 0.6 is 0 Å². The predicted octanol–water partition coefficient (Wildman–Crippen LogP) is 2.39. The van der Waals surface area contributed by atoms with Crippen molar-refractivity contribution in [3.05, 3.63) is 59.7 Å². The normalized spacial score (nSPS) is 23.4. The Morgan fingerprint density at radius 2 is 1.71 bits per heavy atom. The molecule has 2 unspecified atom stereocenters. The van der Waals surface area contributed by atoms with Crippen molar-refractivity contribution in [1.29, 1.82) is 0 Å². The summed E-state index contributed by atoms with van der Waals surface area (Å²) in [5.74, 6) is -1.48. The number of ether oxygens (including phenoxy) is 3. The number of nitrogens with zero attached hydrogens (tertiary/aromatic N) is 1. The quantitative estimate of drug-likeness (QED) is 0.653. The van der Waals surface area contributed by atoms with E-state index in [9.17, 15) is 19.5 Å². The van der Waals surface area contributed by atoms with E-state index in [1.54, 1.807) is 0 Å². The van der Waals surface area contributed by atoms with E-state index in [4.69, 9.17) is 14.2 Å². The van der Waals surface area contributed by atoms with Crippen LogP contribution in [-0.2, 0) is 23.8 Å². The highest BCUT2D eigenvalue weighted by Crippen LogP contribution is 2.44. The predicted molar refractivity (Wildman–Crippen MR) is 125 cm³/mol. The van der Waals surface area contributed by atoms with E-state index < -0.39 is 23.6 Å². The van der Waals surface area contributed by atoms with E-state index in [1.807, 2.05) is 36.4 Å². The minimum Gasteiger partial charge on any atom is -0.481 e. The molecular formula is C26H28N2O7. The molecule has 0 aromatic heterocycles. The summed E-state index contributed by atoms with van der Waals surface area (Å²) in [5, 5.41) is 12.0. The molecule has 0 saturated carbocycles. The molecule has 2 saturated heterocycles. The number of amides is 2. The van der Waals surface area contributed by atoms with Crippen LogP contribution in [-0.4, -0.2) is 79.1 Å². The molecule has 0 spiro atoms. The van der Waals surface area contributed by atoms with E-state index in [2.05, 4.69) is 17.4 Å². The van der Waals surface area contributed by atoms with Crippen LogP contribution in [0.25, 0.3) is 11.1 Å². The average Bonchev–Trinajstić information content (AvgIpc) is 3.46. The summed E-state index contributed by atoms with van der Waals surface area (Å²) in [7, 11) is 0. The molecule has 2 atom stereocenters. The molecule has 5 rings (SSSR count). The topological polar surface area (TPSA) is 114 Å². The lowest BCUT2D eigenvalue weighted by atomic mass is 9.95. The van der Waals surface area contributed by atoms with Crippen molar-refractivity contribution < 1.29 is 33.7 Å². The van der Waals surface area contributed by atoms with Gasteiger partial charge in [-0.05, 0) is 22.3 Å². The highest BCUT2D eigenvalue weighted by atomic mass is 16.6. The van der Waals surface area contributed by atoms with Crippen LogP contribution < -0.4 is 5.32 Å². The van der Waals surface area contributed by atoms with Gasteiger partial charge in [0, 0.05) is 25.5 Å². The molecule has 3 aliphatic rings. The Morgan fingerprint density at radius 1 is 1.03 bits per heavy atom. The van der Waals surface area contributed by atoms with Crippen molar-refractivity contribution in [1.82, 2.24) is 10.2 Å². The Labute approximate surface area is 203 Å². The highest BCUT2D eigenvalue weighted by Gasteiger charge is 2.48. The largest absolute Gasteiger partial charge is 0.481 e. The number of carboxylic acid groups (broad SMARTS) is 1. The number of alkyl carbamates (subject to hydrolysis) is 1. The summed E-state index contributed by atoms with van der Waals surface area (Å²) in [5.41, 5.74) is 3.16. The molecule has 9 heteroatoms. The maximum atomic E-state index is 13.6. The Kier molecular flexibility index (Phi) is 6.44. The molecular weight excluding hydrogens is 452 g/mol. The summed E-state index contributed by atoms with van der Waals surface area (Å²) in [6.07, 6.45) is -0.644. The van der Waals surface area contributed by atoms with Crippen molar-refractivity contribution in [2.24, 2.45) is 0 Å². The molecule has 2 aromatic rings. The van der Waals surface area contributed by atoms with E-state index in [0.29, 0.717) is 13.2 Å². The molecule has 2 aromatic carbocycles. The second-order valence-corrected chi connectivity index (χ2v) is 9.16. The standard InChI is InChI=1S/C26H28N2O7/c29-23(30)13-17-14-33-12-10-28(17)24(31)26(9-11-34-16-26)27-25(32)35-15-22-20-7-3-1-5-18(20)19-6-2-4-8-21(19)22/h1-8,17,22H,9-16H2,(H,27,32)(H,29,30). The number of aliphatic carboxylic acids is 1. The first-order valence-electron chi connectivity index (χ1n) is 11.8. The van der Waals surface area contributed by atoms with Gasteiger partial charge in [-0.3, -0.25) is 9.59 Å². The lowest BCUT2D eigenvalue weighted by Gasteiger charge is -2.40. The molecule has 2 N–H and O–H groups in total. The third kappa shape index (κ3) is 4.49. The Morgan fingerprint density at radius 3 is 2.34 bits per heavy atom. The van der Waals surface area contributed by atoms with Gasteiger partial charge in [-0.1, -0.05) is 48.5 Å². The molecule has 2 aliphatic heterocycles. The molecule has 184 valence electrons. The number of fused-ring (bicyclic) bond motifs is 3. The molecule has 2 heterocycles. The zero-order valence-electron chi connectivity index (χ0n) is 19.3. The van der Waals surface area contributed by atoms with Crippen molar-refractivity contribution in [3.8, 4) is 11.1 Å². The lowest BCUT2D eigenvalue weighted by molar-refractivity contribution is -0.151. The first-order valence-corrected chi connectivity index (χ1v) is 11.8. The van der Waals surface area contributed by atoms with Crippen LogP contribution in [0.3, 0.4) is 0 Å². The minimum absolute atomic E-state index is 0.00712. The molecule has 0 radical (unpaired) electrons. The second kappa shape index (κ2) is 9.67. The monoisotopic (exact) mass is 480 g/mol. The molecule has 2 amide bonds. The number of nitrogens with one attached hydrogen (secondary N) is 1. The van der Waals surface area contributed by atoms with Crippen molar-refractivity contribution in [2.75, 3.05) is 39.6 Å². The zero-order valence-corrected chi connectivity index (χ0v) is 19.3. The number of carbonyl (C=O) groups is 3. The van der Waals surface area contributed by atoms with Crippen LogP contribution in [0.1, 0.15) is 29.9 Å². The van der Waals surface area contributed by atoms with E-state index in [1.165, 1.54) is 4.90 Å². The molecule has 1 aliphatic carbocycles. The van der Waals surface area contributed by atoms with Gasteiger partial charge in [-0.25, -0.2) is 4.79 Å². The maximum absolute atomic E-state index is 13.6. The summed E-state index contributed by atoms with van der Waals surface area (Å²) >= 11 is 0. The number of benzene rings is 2. The first kappa shape index (κ1) is 23.3. The van der Waals surface area contributed by atoms with Gasteiger partial charge < -0.3 is 29.5 Å². The zero-order chi connectivity index (χ0) is 24.4. The van der Waals surface area contributed by atoms with Crippen LogP contribution in [0.15, 0.2) is 48.5 Å². The molecule has 0 bridgehead atoms. The smallest absolute Gasteiger partial charge is 0.408 e. The van der Waals surface area contributed by atoms with Gasteiger partial charge in [0.15, 0.2) is 0 Å². The number of hydrogen-bond acceptors (Lipinski definition) is 6. The third-order valence-electron chi connectivity index (χ3n) is 7.01. The van der Waals surface area contributed by atoms with Crippen LogP contribution in [0.2, 0.25) is 0 Å². The number of hydrogen-bond donors (Lipinski definition) is 2. The van der Waals surface area contributed by atoms with Crippen LogP contribution in [0, 0.1) is 0 Å². The van der Waals surface area contributed by atoms with Crippen molar-refractivity contribution in [3.63, 3.8) is 0 Å². The summed E-state index contributed by atoms with van der Waals surface area (Å²) < 4.78 is 16.5. The fourth-order valence-electron chi connectivity index (χ4n) is 5.28. The fourth-order valence-corrected chi connectivity index (χ4v) is 5.28. The van der Waals surface area contributed by atoms with Gasteiger partial charge in [-0.2, -0.15) is 0 Å². The summed E-state index contributed by atoms with van der Waals surface area (Å²) in [4.78, 5) is 39.3. The van der Waals surface area contributed by atoms with Gasteiger partial charge in [0.05, 0.1) is 32.3 Å². The fraction of sp³-hybridized carbons (Fsp3) is 0.423. The second-order valence-electron chi connectivity index (χ2n) is 9.16.